The minimum absolute atomic E-state index is 0.0512. The molecule has 0 amide bonds. The van der Waals surface area contributed by atoms with E-state index < -0.39 is 11.8 Å². The lowest BCUT2D eigenvalue weighted by Gasteiger charge is -2.09. The van der Waals surface area contributed by atoms with E-state index in [0.29, 0.717) is 16.7 Å². The minimum Gasteiger partial charge on any atom is -0.478 e. The van der Waals surface area contributed by atoms with Crippen molar-refractivity contribution in [1.82, 2.24) is 0 Å². The lowest BCUT2D eigenvalue weighted by Crippen LogP contribution is -2.02. The van der Waals surface area contributed by atoms with Crippen LogP contribution in [0, 0.1) is 5.82 Å². The highest BCUT2D eigenvalue weighted by Gasteiger charge is 2.07. The van der Waals surface area contributed by atoms with Crippen molar-refractivity contribution in [3.05, 3.63) is 62.8 Å². The summed E-state index contributed by atoms with van der Waals surface area (Å²) in [6.45, 7) is 0.461. The molecule has 0 saturated carbocycles. The maximum Gasteiger partial charge on any atom is 0.335 e. The van der Waals surface area contributed by atoms with Gasteiger partial charge in [-0.2, -0.15) is 0 Å². The molecule has 2 aromatic rings. The molecular formula is C14H10BrClFNO2. The molecule has 20 heavy (non-hydrogen) atoms. The molecule has 6 heteroatoms. The van der Waals surface area contributed by atoms with Crippen LogP contribution in [-0.4, -0.2) is 11.1 Å². The van der Waals surface area contributed by atoms with Crippen LogP contribution in [0.5, 0.6) is 0 Å². The molecule has 0 bridgehead atoms. The van der Waals surface area contributed by atoms with E-state index in [9.17, 15) is 9.18 Å². The number of hydrogen-bond acceptors (Lipinski definition) is 2. The maximum atomic E-state index is 13.0. The van der Waals surface area contributed by atoms with E-state index in [4.69, 9.17) is 16.7 Å². The Labute approximate surface area is 128 Å². The standard InChI is InChI=1S/C14H10BrClFNO2/c15-11-5-8(14(19)20)1-2-9(11)7-18-10-3-4-13(17)12(16)6-10/h1-6,18H,7H2,(H,19,20). The summed E-state index contributed by atoms with van der Waals surface area (Å²) in [6.07, 6.45) is 0. The molecule has 0 radical (unpaired) electrons. The van der Waals surface area contributed by atoms with E-state index in [1.807, 2.05) is 0 Å². The van der Waals surface area contributed by atoms with Gasteiger partial charge in [-0.25, -0.2) is 9.18 Å². The van der Waals surface area contributed by atoms with Gasteiger partial charge in [-0.1, -0.05) is 33.6 Å². The number of carboxylic acid groups (broad SMARTS) is 1. The van der Waals surface area contributed by atoms with Gasteiger partial charge >= 0.3 is 5.97 Å². The lowest BCUT2D eigenvalue weighted by atomic mass is 10.1. The summed E-state index contributed by atoms with van der Waals surface area (Å²) in [7, 11) is 0. The van der Waals surface area contributed by atoms with Gasteiger partial charge in [0.15, 0.2) is 0 Å². The van der Waals surface area contributed by atoms with Crippen molar-refractivity contribution in [1.29, 1.82) is 0 Å². The summed E-state index contributed by atoms with van der Waals surface area (Å²) in [4.78, 5) is 10.8. The van der Waals surface area contributed by atoms with Gasteiger partial charge in [0.05, 0.1) is 10.6 Å². The zero-order chi connectivity index (χ0) is 14.7. The number of rotatable bonds is 4. The Morgan fingerprint density at radius 3 is 2.65 bits per heavy atom. The molecule has 2 N–H and O–H groups in total. The number of benzene rings is 2. The summed E-state index contributed by atoms with van der Waals surface area (Å²) in [5.41, 5.74) is 1.78. The zero-order valence-electron chi connectivity index (χ0n) is 10.2. The SMILES string of the molecule is O=C(O)c1ccc(CNc2ccc(F)c(Cl)c2)c(Br)c1. The topological polar surface area (TPSA) is 49.3 Å². The highest BCUT2D eigenvalue weighted by molar-refractivity contribution is 9.10. The average Bonchev–Trinajstić information content (AvgIpc) is 2.41. The van der Waals surface area contributed by atoms with Crippen molar-refractivity contribution < 1.29 is 14.3 Å². The third-order valence-corrected chi connectivity index (χ3v) is 3.73. The lowest BCUT2D eigenvalue weighted by molar-refractivity contribution is 0.0697. The first-order valence-electron chi connectivity index (χ1n) is 5.68. The van der Waals surface area contributed by atoms with Crippen LogP contribution in [0.4, 0.5) is 10.1 Å². The predicted octanol–water partition coefficient (Wildman–Crippen LogP) is 4.55. The van der Waals surface area contributed by atoms with Crippen LogP contribution in [0.2, 0.25) is 5.02 Å². The highest BCUT2D eigenvalue weighted by atomic mass is 79.9. The van der Waals surface area contributed by atoms with E-state index in [2.05, 4.69) is 21.2 Å². The molecule has 0 aliphatic carbocycles. The summed E-state index contributed by atoms with van der Waals surface area (Å²) in [5, 5.41) is 12.0. The van der Waals surface area contributed by atoms with Gasteiger partial charge in [-0.15, -0.1) is 0 Å². The van der Waals surface area contributed by atoms with Crippen LogP contribution in [0.3, 0.4) is 0 Å². The van der Waals surface area contributed by atoms with Crippen LogP contribution in [0.25, 0.3) is 0 Å². The van der Waals surface area contributed by atoms with Gasteiger partial charge in [-0.05, 0) is 35.9 Å². The number of anilines is 1. The fourth-order valence-corrected chi connectivity index (χ4v) is 2.33. The summed E-state index contributed by atoms with van der Waals surface area (Å²) < 4.78 is 13.7. The van der Waals surface area contributed by atoms with Crippen molar-refractivity contribution in [3.8, 4) is 0 Å². The van der Waals surface area contributed by atoms with Gasteiger partial charge in [0.25, 0.3) is 0 Å². The van der Waals surface area contributed by atoms with E-state index in [1.165, 1.54) is 24.3 Å². The molecule has 0 aromatic heterocycles. The average molecular weight is 359 g/mol. The predicted molar refractivity (Wildman–Crippen MR) is 79.8 cm³/mol. The molecular weight excluding hydrogens is 349 g/mol. The summed E-state index contributed by atoms with van der Waals surface area (Å²) in [6, 6.07) is 9.15. The molecule has 0 aliphatic heterocycles. The second-order valence-electron chi connectivity index (χ2n) is 4.09. The highest BCUT2D eigenvalue weighted by Crippen LogP contribution is 2.22. The number of carboxylic acids is 1. The van der Waals surface area contributed by atoms with Crippen molar-refractivity contribution in [3.63, 3.8) is 0 Å². The molecule has 0 unspecified atom stereocenters. The normalized spacial score (nSPS) is 10.3. The zero-order valence-corrected chi connectivity index (χ0v) is 12.5. The van der Waals surface area contributed by atoms with Gasteiger partial charge in [-0.3, -0.25) is 0 Å². The monoisotopic (exact) mass is 357 g/mol. The Balaban J connectivity index is 2.10. The molecule has 0 aliphatic rings. The molecule has 0 heterocycles. The van der Waals surface area contributed by atoms with Gasteiger partial charge in [0.1, 0.15) is 5.82 Å². The van der Waals surface area contributed by atoms with Crippen LogP contribution in [0.15, 0.2) is 40.9 Å². The molecule has 0 spiro atoms. The van der Waals surface area contributed by atoms with E-state index in [-0.39, 0.29) is 10.6 Å². The fraction of sp³-hybridized carbons (Fsp3) is 0.0714. The number of halogens is 3. The second kappa shape index (κ2) is 6.24. The number of hydrogen-bond donors (Lipinski definition) is 2. The first kappa shape index (κ1) is 14.8. The summed E-state index contributed by atoms with van der Waals surface area (Å²) in [5.74, 6) is -1.44. The van der Waals surface area contributed by atoms with Crippen LogP contribution in [0.1, 0.15) is 15.9 Å². The molecule has 104 valence electrons. The smallest absolute Gasteiger partial charge is 0.335 e. The van der Waals surface area contributed by atoms with Crippen LogP contribution < -0.4 is 5.32 Å². The first-order chi connectivity index (χ1) is 9.47. The molecule has 2 rings (SSSR count). The fourth-order valence-electron chi connectivity index (χ4n) is 1.63. The molecule has 2 aromatic carbocycles. The van der Waals surface area contributed by atoms with Gasteiger partial charge < -0.3 is 10.4 Å². The second-order valence-corrected chi connectivity index (χ2v) is 5.36. The van der Waals surface area contributed by atoms with Crippen molar-refractivity contribution >= 4 is 39.2 Å². The molecule has 0 fully saturated rings. The molecule has 0 saturated heterocycles. The number of carbonyl (C=O) groups is 1. The summed E-state index contributed by atoms with van der Waals surface area (Å²) >= 11 is 9.02. The minimum atomic E-state index is -0.976. The Bertz CT molecular complexity index is 664. The van der Waals surface area contributed by atoms with Crippen LogP contribution >= 0.6 is 27.5 Å². The maximum absolute atomic E-state index is 13.0. The first-order valence-corrected chi connectivity index (χ1v) is 6.85. The van der Waals surface area contributed by atoms with E-state index in [0.717, 1.165) is 5.56 Å². The largest absolute Gasteiger partial charge is 0.478 e. The Kier molecular flexibility index (Phi) is 4.62. The number of nitrogens with one attached hydrogen (secondary N) is 1. The van der Waals surface area contributed by atoms with Crippen LogP contribution in [-0.2, 0) is 6.54 Å². The van der Waals surface area contributed by atoms with Crippen molar-refractivity contribution in [2.75, 3.05) is 5.32 Å². The Morgan fingerprint density at radius 1 is 1.30 bits per heavy atom. The van der Waals surface area contributed by atoms with Gasteiger partial charge in [0, 0.05) is 16.7 Å². The Morgan fingerprint density at radius 2 is 2.05 bits per heavy atom. The van der Waals surface area contributed by atoms with Gasteiger partial charge in [0.2, 0.25) is 0 Å². The van der Waals surface area contributed by atoms with E-state index >= 15 is 0 Å². The number of aromatic carboxylic acids is 1. The Hall–Kier alpha value is -1.59. The van der Waals surface area contributed by atoms with E-state index in [1.54, 1.807) is 12.1 Å². The third-order valence-electron chi connectivity index (χ3n) is 2.70. The molecule has 0 atom stereocenters. The quantitative estimate of drug-likeness (QED) is 0.843. The van der Waals surface area contributed by atoms with Crippen molar-refractivity contribution in [2.24, 2.45) is 0 Å². The molecule has 3 nitrogen and oxygen atoms in total. The third kappa shape index (κ3) is 3.49. The van der Waals surface area contributed by atoms with Crippen molar-refractivity contribution in [2.45, 2.75) is 6.54 Å².